The van der Waals surface area contributed by atoms with E-state index in [0.717, 1.165) is 24.2 Å². The van der Waals surface area contributed by atoms with Crippen molar-refractivity contribution in [3.63, 3.8) is 0 Å². The summed E-state index contributed by atoms with van der Waals surface area (Å²) in [5, 5.41) is 14.5. The fraction of sp³-hybridized carbons (Fsp3) is 0.333. The van der Waals surface area contributed by atoms with E-state index >= 15 is 0 Å². The van der Waals surface area contributed by atoms with Gasteiger partial charge in [0.1, 0.15) is 6.61 Å². The number of carboxylic acids is 1. The maximum Gasteiger partial charge on any atom is 0.416 e. The van der Waals surface area contributed by atoms with E-state index < -0.39 is 17.7 Å². The van der Waals surface area contributed by atoms with Gasteiger partial charge >= 0.3 is 12.1 Å². The van der Waals surface area contributed by atoms with Gasteiger partial charge in [-0.3, -0.25) is 9.59 Å². The van der Waals surface area contributed by atoms with Crippen molar-refractivity contribution in [3.05, 3.63) is 71.0 Å². The quantitative estimate of drug-likeness (QED) is 0.250. The molecule has 0 aliphatic rings. The van der Waals surface area contributed by atoms with Crippen LogP contribution in [0.1, 0.15) is 42.6 Å². The number of ether oxygens (including phenoxy) is 1. The summed E-state index contributed by atoms with van der Waals surface area (Å²) in [7, 11) is 0. The molecule has 0 radical (unpaired) electrons. The molecule has 1 aromatic heterocycles. The second kappa shape index (κ2) is 13.3. The van der Waals surface area contributed by atoms with Gasteiger partial charge in [-0.1, -0.05) is 31.9 Å². The van der Waals surface area contributed by atoms with Gasteiger partial charge < -0.3 is 20.5 Å². The Kier molecular flexibility index (Phi) is 10.1. The number of alkyl halides is 3. The Morgan fingerprint density at radius 2 is 1.77 bits per heavy atom. The molecule has 8 nitrogen and oxygen atoms in total. The zero-order valence-corrected chi connectivity index (χ0v) is 22.0. The summed E-state index contributed by atoms with van der Waals surface area (Å²) in [4.78, 5) is 31.1. The van der Waals surface area contributed by atoms with Crippen LogP contribution in [0.3, 0.4) is 0 Å². The van der Waals surface area contributed by atoms with E-state index in [4.69, 9.17) is 21.4 Å². The van der Waals surface area contributed by atoms with E-state index in [1.807, 2.05) is 0 Å². The van der Waals surface area contributed by atoms with Crippen LogP contribution in [0.4, 0.5) is 18.9 Å². The van der Waals surface area contributed by atoms with Crippen molar-refractivity contribution in [2.24, 2.45) is 5.92 Å². The molecule has 12 heteroatoms. The molecule has 0 aliphatic carbocycles. The first-order valence-corrected chi connectivity index (χ1v) is 12.5. The predicted octanol–water partition coefficient (Wildman–Crippen LogP) is 5.93. The number of anilines is 1. The summed E-state index contributed by atoms with van der Waals surface area (Å²) < 4.78 is 44.6. The van der Waals surface area contributed by atoms with Crippen molar-refractivity contribution < 1.29 is 32.6 Å². The van der Waals surface area contributed by atoms with Crippen molar-refractivity contribution in [2.75, 3.05) is 18.5 Å². The molecule has 2 atom stereocenters. The van der Waals surface area contributed by atoms with Crippen LogP contribution in [-0.2, 0) is 11.0 Å². The number of hydrogen-bond donors (Lipinski definition) is 3. The highest BCUT2D eigenvalue weighted by Gasteiger charge is 2.31. The minimum atomic E-state index is -4.50. The minimum Gasteiger partial charge on any atom is -0.488 e. The number of aromatic nitrogens is 2. The van der Waals surface area contributed by atoms with Crippen molar-refractivity contribution in [3.8, 4) is 17.1 Å². The lowest BCUT2D eigenvalue weighted by Gasteiger charge is -2.25. The lowest BCUT2D eigenvalue weighted by atomic mass is 9.99. The van der Waals surface area contributed by atoms with E-state index in [1.54, 1.807) is 24.3 Å². The van der Waals surface area contributed by atoms with Crippen LogP contribution in [0, 0.1) is 5.92 Å². The van der Waals surface area contributed by atoms with E-state index in [9.17, 15) is 22.8 Å². The molecular formula is C27H28ClF3N4O4. The highest BCUT2D eigenvalue weighted by molar-refractivity contribution is 6.33. The summed E-state index contributed by atoms with van der Waals surface area (Å²) in [6, 6.07) is 9.70. The first-order chi connectivity index (χ1) is 18.5. The molecule has 0 bridgehead atoms. The second-order valence-corrected chi connectivity index (χ2v) is 9.27. The topological polar surface area (TPSA) is 113 Å². The van der Waals surface area contributed by atoms with Crippen LogP contribution in [0.25, 0.3) is 11.4 Å². The maximum absolute atomic E-state index is 12.9. The van der Waals surface area contributed by atoms with E-state index in [0.29, 0.717) is 11.3 Å². The Morgan fingerprint density at radius 1 is 1.10 bits per heavy atom. The first-order valence-electron chi connectivity index (χ1n) is 12.2. The van der Waals surface area contributed by atoms with Gasteiger partial charge in [-0.2, -0.15) is 13.2 Å². The van der Waals surface area contributed by atoms with Crippen molar-refractivity contribution in [2.45, 2.75) is 38.9 Å². The number of carbonyl (C=O) groups excluding carboxylic acids is 1. The van der Waals surface area contributed by atoms with Gasteiger partial charge in [0.2, 0.25) is 0 Å². The van der Waals surface area contributed by atoms with Crippen LogP contribution in [0.2, 0.25) is 5.02 Å². The van der Waals surface area contributed by atoms with Gasteiger partial charge in [-0.05, 0) is 48.4 Å². The molecule has 3 N–H and O–H groups in total. The summed E-state index contributed by atoms with van der Waals surface area (Å²) in [6.45, 7) is 4.44. The Labute approximate surface area is 228 Å². The number of carboxylic acid groups (broad SMARTS) is 1. The molecule has 39 heavy (non-hydrogen) atoms. The average Bonchev–Trinajstić information content (AvgIpc) is 2.90. The Balaban J connectivity index is 1.61. The molecule has 3 rings (SSSR count). The standard InChI is InChI=1S/C27H28ClF3N4O4/c1-3-16(2)23(35-19-7-4-17(5-8-19)26(38)32-11-10-24(36)37)15-39-20-13-33-25(34-14-20)21-9-6-18(12-22(21)28)27(29,30)31/h4-9,12-14,16,23,35H,3,10-11,15H2,1-2H3,(H,32,38)(H,36,37). The monoisotopic (exact) mass is 564 g/mol. The molecular weight excluding hydrogens is 537 g/mol. The zero-order chi connectivity index (χ0) is 28.6. The predicted molar refractivity (Wildman–Crippen MR) is 141 cm³/mol. The molecule has 3 aromatic rings. The van der Waals surface area contributed by atoms with Crippen molar-refractivity contribution in [1.29, 1.82) is 0 Å². The fourth-order valence-electron chi connectivity index (χ4n) is 3.54. The number of benzene rings is 2. The van der Waals surface area contributed by atoms with E-state index in [1.165, 1.54) is 18.5 Å². The number of nitrogens with zero attached hydrogens (tertiary/aromatic N) is 2. The van der Waals surface area contributed by atoms with E-state index in [2.05, 4.69) is 34.4 Å². The van der Waals surface area contributed by atoms with Crippen LogP contribution >= 0.6 is 11.6 Å². The van der Waals surface area contributed by atoms with Crippen LogP contribution in [-0.4, -0.2) is 46.1 Å². The molecule has 0 saturated heterocycles. The smallest absolute Gasteiger partial charge is 0.416 e. The lowest BCUT2D eigenvalue weighted by molar-refractivity contribution is -0.138. The number of nitrogens with one attached hydrogen (secondary N) is 2. The maximum atomic E-state index is 12.9. The van der Waals surface area contributed by atoms with Gasteiger partial charge in [0, 0.05) is 23.4 Å². The number of halogens is 4. The molecule has 2 aromatic carbocycles. The first kappa shape index (κ1) is 29.7. The summed E-state index contributed by atoms with van der Waals surface area (Å²) in [5.41, 5.74) is 0.602. The summed E-state index contributed by atoms with van der Waals surface area (Å²) in [5.74, 6) is -0.574. The van der Waals surface area contributed by atoms with Gasteiger partial charge in [-0.25, -0.2) is 9.97 Å². The second-order valence-electron chi connectivity index (χ2n) is 8.86. The SMILES string of the molecule is CCC(C)C(COc1cnc(-c2ccc(C(F)(F)F)cc2Cl)nc1)Nc1ccc(C(=O)NCCC(=O)O)cc1. The van der Waals surface area contributed by atoms with Gasteiger partial charge in [-0.15, -0.1) is 0 Å². The number of aliphatic carboxylic acids is 1. The van der Waals surface area contributed by atoms with Gasteiger partial charge in [0.25, 0.3) is 5.91 Å². The number of hydrogen-bond acceptors (Lipinski definition) is 6. The van der Waals surface area contributed by atoms with E-state index in [-0.39, 0.29) is 53.8 Å². The Hall–Kier alpha value is -3.86. The lowest BCUT2D eigenvalue weighted by Crippen LogP contribution is -2.33. The summed E-state index contributed by atoms with van der Waals surface area (Å²) in [6.07, 6.45) is -0.921. The third kappa shape index (κ3) is 8.57. The number of amides is 1. The van der Waals surface area contributed by atoms with Crippen LogP contribution in [0.15, 0.2) is 54.9 Å². The largest absolute Gasteiger partial charge is 0.488 e. The highest BCUT2D eigenvalue weighted by Crippen LogP contribution is 2.34. The molecule has 1 heterocycles. The Morgan fingerprint density at radius 3 is 2.33 bits per heavy atom. The van der Waals surface area contributed by atoms with Crippen LogP contribution < -0.4 is 15.4 Å². The zero-order valence-electron chi connectivity index (χ0n) is 21.3. The van der Waals surface area contributed by atoms with Gasteiger partial charge in [0.05, 0.1) is 35.4 Å². The average molecular weight is 565 g/mol. The third-order valence-electron chi connectivity index (χ3n) is 6.05. The molecule has 0 spiro atoms. The Bertz CT molecular complexity index is 1270. The number of rotatable bonds is 12. The molecule has 0 fully saturated rings. The number of carbonyl (C=O) groups is 2. The molecule has 208 valence electrons. The highest BCUT2D eigenvalue weighted by atomic mass is 35.5. The molecule has 2 unspecified atom stereocenters. The van der Waals surface area contributed by atoms with Crippen molar-refractivity contribution >= 4 is 29.2 Å². The van der Waals surface area contributed by atoms with Gasteiger partial charge in [0.15, 0.2) is 11.6 Å². The minimum absolute atomic E-state index is 0.0453. The van der Waals surface area contributed by atoms with Crippen molar-refractivity contribution in [1.82, 2.24) is 15.3 Å². The fourth-order valence-corrected chi connectivity index (χ4v) is 3.80. The third-order valence-corrected chi connectivity index (χ3v) is 6.36. The molecule has 0 saturated carbocycles. The molecule has 1 amide bonds. The summed E-state index contributed by atoms with van der Waals surface area (Å²) >= 11 is 6.04. The normalized spacial score (nSPS) is 12.9. The molecule has 0 aliphatic heterocycles. The van der Waals surface area contributed by atoms with Crippen LogP contribution in [0.5, 0.6) is 5.75 Å².